The molecular weight excluding hydrogens is 440 g/mol. The molecule has 0 aromatic heterocycles. The molecule has 1 heterocycles. The molecule has 4 nitrogen and oxygen atoms in total. The zero-order valence-corrected chi connectivity index (χ0v) is 19.2. The Morgan fingerprint density at radius 1 is 0.735 bits per heavy atom. The van der Waals surface area contributed by atoms with Crippen LogP contribution in [0.5, 0.6) is 0 Å². The first kappa shape index (κ1) is 21.7. The third-order valence-corrected chi connectivity index (χ3v) is 7.66. The van der Waals surface area contributed by atoms with Gasteiger partial charge in [-0.05, 0) is 72.0 Å². The predicted molar refractivity (Wildman–Crippen MR) is 137 cm³/mol. The number of hydrogen-bond acceptors (Lipinski definition) is 3. The lowest BCUT2D eigenvalue weighted by Crippen LogP contribution is -2.11. The molecule has 0 unspecified atom stereocenters. The van der Waals surface area contributed by atoms with Crippen molar-refractivity contribution in [1.29, 1.82) is 0 Å². The van der Waals surface area contributed by atoms with Crippen LogP contribution in [0.3, 0.4) is 0 Å². The van der Waals surface area contributed by atoms with Crippen LogP contribution in [0.15, 0.2) is 113 Å². The third-order valence-electron chi connectivity index (χ3n) is 6.01. The first-order chi connectivity index (χ1) is 16.6. The Hall–Kier alpha value is -4.14. The van der Waals surface area contributed by atoms with Crippen molar-refractivity contribution >= 4 is 33.0 Å². The molecule has 0 N–H and O–H groups in total. The van der Waals surface area contributed by atoms with Gasteiger partial charge in [-0.1, -0.05) is 66.7 Å². The number of anilines is 3. The molecule has 5 rings (SSSR count). The topological polar surface area (TPSA) is 41.7 Å². The number of rotatable bonds is 4. The Labute approximate surface area is 200 Å². The van der Waals surface area contributed by atoms with Crippen molar-refractivity contribution in [2.75, 3.05) is 4.90 Å². The molecule has 0 bridgehead atoms. The van der Waals surface area contributed by atoms with Gasteiger partial charge in [0.05, 0.1) is 11.5 Å². The zero-order valence-electron chi connectivity index (χ0n) is 18.4. The fourth-order valence-corrected chi connectivity index (χ4v) is 5.48. The van der Waals surface area contributed by atoms with E-state index in [9.17, 15) is 8.42 Å². The second-order valence-electron chi connectivity index (χ2n) is 8.10. The van der Waals surface area contributed by atoms with Crippen LogP contribution in [0.1, 0.15) is 16.7 Å². The number of fused-ring (bicyclic) bond motifs is 2. The van der Waals surface area contributed by atoms with E-state index in [0.29, 0.717) is 5.56 Å². The first-order valence-electron chi connectivity index (χ1n) is 11.0. The smallest absolute Gasteiger partial charge is 0.283 e. The van der Waals surface area contributed by atoms with E-state index in [1.165, 1.54) is 29.3 Å². The van der Waals surface area contributed by atoms with Crippen LogP contribution in [0, 0.1) is 6.57 Å². The molecule has 34 heavy (non-hydrogen) atoms. The number of sulfone groups is 1. The van der Waals surface area contributed by atoms with Gasteiger partial charge in [0.15, 0.2) is 0 Å². The van der Waals surface area contributed by atoms with Gasteiger partial charge >= 0.3 is 0 Å². The Morgan fingerprint density at radius 3 is 1.82 bits per heavy atom. The molecule has 4 aromatic carbocycles. The summed E-state index contributed by atoms with van der Waals surface area (Å²) in [4.78, 5) is 5.70. The molecule has 4 aromatic rings. The number of aryl methyl sites for hydroxylation is 2. The summed E-state index contributed by atoms with van der Waals surface area (Å²) >= 11 is 0. The van der Waals surface area contributed by atoms with Gasteiger partial charge in [0.1, 0.15) is 0 Å². The maximum Gasteiger partial charge on any atom is 0.283 e. The van der Waals surface area contributed by atoms with Crippen LogP contribution < -0.4 is 4.90 Å². The standard InChI is InChI=1S/C29H22N2O2S/c1-30-29(34(32,33)26-11-3-2-4-12-26)21-22-15-19-25(20-16-22)31-27-13-7-5-9-23(27)17-18-24-10-6-8-14-28(24)31/h2-16,19-21H,17-18H2. The molecule has 0 atom stereocenters. The van der Waals surface area contributed by atoms with Gasteiger partial charge in [-0.25, -0.2) is 13.3 Å². The average molecular weight is 463 g/mol. The van der Waals surface area contributed by atoms with E-state index in [1.807, 2.05) is 36.4 Å². The number of para-hydroxylation sites is 2. The van der Waals surface area contributed by atoms with Crippen LogP contribution in [0.4, 0.5) is 17.1 Å². The van der Waals surface area contributed by atoms with Gasteiger partial charge in [0, 0.05) is 17.1 Å². The summed E-state index contributed by atoms with van der Waals surface area (Å²) < 4.78 is 25.8. The summed E-state index contributed by atoms with van der Waals surface area (Å²) in [6.45, 7) is 7.47. The van der Waals surface area contributed by atoms with Gasteiger partial charge in [0.25, 0.3) is 5.03 Å². The SMILES string of the molecule is [C-]#[N+]C(=Cc1ccc(N2c3ccccc3CCc3ccccc32)cc1)S(=O)(=O)c1ccccc1. The fraction of sp³-hybridized carbons (Fsp3) is 0.0690. The minimum Gasteiger partial charge on any atom is -0.310 e. The van der Waals surface area contributed by atoms with E-state index in [0.717, 1.165) is 29.9 Å². The molecular formula is C29H22N2O2S. The van der Waals surface area contributed by atoms with Gasteiger partial charge in [0.2, 0.25) is 9.84 Å². The van der Waals surface area contributed by atoms with E-state index in [-0.39, 0.29) is 9.92 Å². The summed E-state index contributed by atoms with van der Waals surface area (Å²) in [7, 11) is -3.87. The Bertz CT molecular complexity index is 1470. The van der Waals surface area contributed by atoms with Gasteiger partial charge in [-0.3, -0.25) is 0 Å². The summed E-state index contributed by atoms with van der Waals surface area (Å²) in [5, 5.41) is -0.295. The van der Waals surface area contributed by atoms with Gasteiger partial charge in [-0.2, -0.15) is 0 Å². The molecule has 0 aliphatic carbocycles. The van der Waals surface area contributed by atoms with E-state index in [4.69, 9.17) is 6.57 Å². The highest BCUT2D eigenvalue weighted by Crippen LogP contribution is 2.41. The molecule has 166 valence electrons. The van der Waals surface area contributed by atoms with Gasteiger partial charge < -0.3 is 4.90 Å². The van der Waals surface area contributed by atoms with E-state index in [1.54, 1.807) is 18.2 Å². The first-order valence-corrected chi connectivity index (χ1v) is 12.5. The van der Waals surface area contributed by atoms with Crippen molar-refractivity contribution in [3.8, 4) is 0 Å². The summed E-state index contributed by atoms with van der Waals surface area (Å²) in [5.74, 6) is 0. The molecule has 0 saturated carbocycles. The molecule has 0 saturated heterocycles. The molecule has 0 fully saturated rings. The fourth-order valence-electron chi connectivity index (χ4n) is 4.31. The minimum atomic E-state index is -3.87. The van der Waals surface area contributed by atoms with Crippen molar-refractivity contribution in [3.05, 3.63) is 136 Å². The van der Waals surface area contributed by atoms with Crippen LogP contribution in [0.25, 0.3) is 10.9 Å². The number of nitrogens with zero attached hydrogens (tertiary/aromatic N) is 2. The van der Waals surface area contributed by atoms with E-state index < -0.39 is 9.84 Å². The third kappa shape index (κ3) is 4.00. The Morgan fingerprint density at radius 2 is 1.26 bits per heavy atom. The highest BCUT2D eigenvalue weighted by molar-refractivity contribution is 7.95. The number of benzene rings is 4. The van der Waals surface area contributed by atoms with Crippen LogP contribution >= 0.6 is 0 Å². The summed E-state index contributed by atoms with van der Waals surface area (Å²) in [6.07, 6.45) is 3.37. The van der Waals surface area contributed by atoms with Crippen LogP contribution in [0.2, 0.25) is 0 Å². The van der Waals surface area contributed by atoms with E-state index in [2.05, 4.69) is 46.1 Å². The highest BCUT2D eigenvalue weighted by atomic mass is 32.2. The summed E-state index contributed by atoms with van der Waals surface area (Å²) in [5.41, 5.74) is 6.49. The molecule has 0 amide bonds. The monoisotopic (exact) mass is 462 g/mol. The number of hydrogen-bond donors (Lipinski definition) is 0. The molecule has 0 spiro atoms. The molecule has 1 aliphatic heterocycles. The van der Waals surface area contributed by atoms with Crippen molar-refractivity contribution in [3.63, 3.8) is 0 Å². The predicted octanol–water partition coefficient (Wildman–Crippen LogP) is 6.95. The normalized spacial score (nSPS) is 13.4. The second kappa shape index (κ2) is 9.01. The summed E-state index contributed by atoms with van der Waals surface area (Å²) in [6, 6.07) is 32.6. The zero-order chi connectivity index (χ0) is 23.5. The van der Waals surface area contributed by atoms with Crippen molar-refractivity contribution in [2.24, 2.45) is 0 Å². The van der Waals surface area contributed by atoms with Crippen LogP contribution in [-0.4, -0.2) is 8.42 Å². The maximum atomic E-state index is 12.9. The van der Waals surface area contributed by atoms with Crippen molar-refractivity contribution in [1.82, 2.24) is 0 Å². The highest BCUT2D eigenvalue weighted by Gasteiger charge is 2.23. The van der Waals surface area contributed by atoms with Crippen LogP contribution in [-0.2, 0) is 22.7 Å². The Kier molecular flexibility index (Phi) is 5.75. The lowest BCUT2D eigenvalue weighted by molar-refractivity contribution is 0.603. The van der Waals surface area contributed by atoms with Crippen molar-refractivity contribution in [2.45, 2.75) is 17.7 Å². The molecule has 5 heteroatoms. The molecule has 1 aliphatic rings. The van der Waals surface area contributed by atoms with Gasteiger partial charge in [-0.15, -0.1) is 0 Å². The van der Waals surface area contributed by atoms with Crippen molar-refractivity contribution < 1.29 is 8.42 Å². The lowest BCUT2D eigenvalue weighted by atomic mass is 10.0. The Balaban J connectivity index is 1.55. The second-order valence-corrected chi connectivity index (χ2v) is 9.99. The quantitative estimate of drug-likeness (QED) is 0.308. The maximum absolute atomic E-state index is 12.9. The van der Waals surface area contributed by atoms with E-state index >= 15 is 0 Å². The molecule has 0 radical (unpaired) electrons. The largest absolute Gasteiger partial charge is 0.310 e. The average Bonchev–Trinajstić information content (AvgIpc) is 3.05. The minimum absolute atomic E-state index is 0.117. The lowest BCUT2D eigenvalue weighted by Gasteiger charge is -2.27.